The van der Waals surface area contributed by atoms with Crippen molar-refractivity contribution in [1.82, 2.24) is 29.6 Å². The van der Waals surface area contributed by atoms with Gasteiger partial charge in [0.2, 0.25) is 15.9 Å². The van der Waals surface area contributed by atoms with Crippen LogP contribution in [0.4, 0.5) is 5.69 Å². The van der Waals surface area contributed by atoms with Crippen molar-refractivity contribution in [2.45, 2.75) is 25.2 Å². The largest absolute Gasteiger partial charge is 0.354 e. The van der Waals surface area contributed by atoms with Gasteiger partial charge in [0.25, 0.3) is 11.5 Å². The quantitative estimate of drug-likeness (QED) is 0.291. The van der Waals surface area contributed by atoms with Gasteiger partial charge in [0, 0.05) is 36.6 Å². The lowest BCUT2D eigenvalue weighted by Crippen LogP contribution is -2.35. The second-order valence-electron chi connectivity index (χ2n) is 6.46. The number of nitro benzene ring substituents is 1. The van der Waals surface area contributed by atoms with E-state index in [0.717, 1.165) is 17.5 Å². The number of nitrogens with zero attached hydrogens (tertiary/aromatic N) is 5. The highest BCUT2D eigenvalue weighted by atomic mass is 32.2. The summed E-state index contributed by atoms with van der Waals surface area (Å²) in [5.74, 6) is 0.320. The molecule has 0 saturated heterocycles. The Balaban J connectivity index is 1.53. The van der Waals surface area contributed by atoms with Gasteiger partial charge in [-0.3, -0.25) is 14.9 Å². The third-order valence-corrected chi connectivity index (χ3v) is 5.52. The van der Waals surface area contributed by atoms with Gasteiger partial charge in [-0.05, 0) is 26.0 Å². The minimum Gasteiger partial charge on any atom is -0.354 e. The molecule has 3 aromatic rings. The zero-order valence-electron chi connectivity index (χ0n) is 16.2. The molecule has 3 rings (SSSR count). The Kier molecular flexibility index (Phi) is 6.03. The molecule has 0 fully saturated rings. The summed E-state index contributed by atoms with van der Waals surface area (Å²) in [4.78, 5) is 30.4. The van der Waals surface area contributed by atoms with Crippen LogP contribution in [0.3, 0.4) is 0 Å². The molecule has 0 aliphatic carbocycles. The molecule has 158 valence electrons. The van der Waals surface area contributed by atoms with Crippen LogP contribution in [0.25, 0.3) is 5.78 Å². The third kappa shape index (κ3) is 4.93. The van der Waals surface area contributed by atoms with E-state index in [9.17, 15) is 23.3 Å². The fourth-order valence-electron chi connectivity index (χ4n) is 2.72. The number of nitro groups is 1. The molecule has 0 aliphatic heterocycles. The molecule has 0 aliphatic rings. The molecular formula is C17H19N7O5S. The number of carbonyl (C=O) groups excluding carboxylic acids is 1. The summed E-state index contributed by atoms with van der Waals surface area (Å²) in [5, 5.41) is 17.6. The van der Waals surface area contributed by atoms with Crippen molar-refractivity contribution < 1.29 is 18.1 Å². The molecule has 2 heterocycles. The molecule has 1 amide bonds. The highest BCUT2D eigenvalue weighted by Gasteiger charge is 2.17. The number of amides is 1. The van der Waals surface area contributed by atoms with Crippen molar-refractivity contribution in [2.75, 3.05) is 13.1 Å². The van der Waals surface area contributed by atoms with Gasteiger partial charge in [0.15, 0.2) is 5.82 Å². The van der Waals surface area contributed by atoms with E-state index in [1.54, 1.807) is 4.52 Å². The molecule has 0 bridgehead atoms. The first-order valence-electron chi connectivity index (χ1n) is 8.86. The summed E-state index contributed by atoms with van der Waals surface area (Å²) in [6.07, 6.45) is -0.0839. The van der Waals surface area contributed by atoms with E-state index in [0.29, 0.717) is 11.6 Å². The molecule has 0 unspecified atom stereocenters. The lowest BCUT2D eigenvalue weighted by molar-refractivity contribution is -0.385. The highest BCUT2D eigenvalue weighted by molar-refractivity contribution is 7.89. The van der Waals surface area contributed by atoms with E-state index in [4.69, 9.17) is 0 Å². The third-order valence-electron chi connectivity index (χ3n) is 4.06. The molecule has 2 N–H and O–H groups in total. The minimum absolute atomic E-state index is 0.0246. The number of nitrogens with one attached hydrogen (secondary N) is 2. The van der Waals surface area contributed by atoms with Gasteiger partial charge in [-0.2, -0.15) is 4.98 Å². The van der Waals surface area contributed by atoms with Gasteiger partial charge in [-0.15, -0.1) is 5.10 Å². The molecular weight excluding hydrogens is 414 g/mol. The summed E-state index contributed by atoms with van der Waals surface area (Å²) in [5.41, 5.74) is 1.30. The molecule has 0 spiro atoms. The fourth-order valence-corrected chi connectivity index (χ4v) is 3.79. The number of benzene rings is 1. The lowest BCUT2D eigenvalue weighted by Gasteiger charge is -2.07. The summed E-state index contributed by atoms with van der Waals surface area (Å²) in [6.45, 7) is 3.63. The minimum atomic E-state index is -3.94. The van der Waals surface area contributed by atoms with E-state index in [1.165, 1.54) is 18.2 Å². The Morgan fingerprint density at radius 3 is 2.70 bits per heavy atom. The number of sulfonamides is 1. The van der Waals surface area contributed by atoms with Crippen LogP contribution < -0.4 is 10.0 Å². The number of non-ortho nitro benzene ring substituents is 1. The number of aromatic nitrogens is 4. The van der Waals surface area contributed by atoms with Crippen LogP contribution in [0.2, 0.25) is 0 Å². The number of carbonyl (C=O) groups is 1. The molecule has 30 heavy (non-hydrogen) atoms. The Bertz CT molecular complexity index is 1220. The normalized spacial score (nSPS) is 11.5. The van der Waals surface area contributed by atoms with Crippen LogP contribution in [0.5, 0.6) is 0 Å². The smallest absolute Gasteiger partial charge is 0.270 e. The van der Waals surface area contributed by atoms with E-state index < -0.39 is 14.9 Å². The summed E-state index contributed by atoms with van der Waals surface area (Å²) < 4.78 is 28.3. The van der Waals surface area contributed by atoms with Crippen LogP contribution in [0.15, 0.2) is 35.2 Å². The number of rotatable bonds is 8. The standard InChI is InChI=1S/C17H19N7O5S/c1-11-8-12(2)23-17(20-11)21-15(22-23)10-16(25)18-6-7-19-30(28,29)14-5-3-4-13(9-14)24(26)27/h3-5,8-9,19H,6-7,10H2,1-2H3,(H,18,25). The molecule has 0 radical (unpaired) electrons. The first-order valence-corrected chi connectivity index (χ1v) is 10.3. The number of aryl methyl sites for hydroxylation is 2. The topological polar surface area (TPSA) is 161 Å². The Morgan fingerprint density at radius 2 is 1.97 bits per heavy atom. The zero-order chi connectivity index (χ0) is 21.9. The van der Waals surface area contributed by atoms with E-state index >= 15 is 0 Å². The van der Waals surface area contributed by atoms with Gasteiger partial charge in [-0.1, -0.05) is 6.07 Å². The number of hydrogen-bond acceptors (Lipinski definition) is 8. The predicted molar refractivity (Wildman–Crippen MR) is 105 cm³/mol. The molecule has 0 atom stereocenters. The fraction of sp³-hybridized carbons (Fsp3) is 0.294. The Labute approximate surface area is 171 Å². The van der Waals surface area contributed by atoms with Gasteiger partial charge in [-0.25, -0.2) is 22.6 Å². The molecule has 13 heteroatoms. The predicted octanol–water partition coefficient (Wildman–Crippen LogP) is 0.287. The van der Waals surface area contributed by atoms with E-state index in [2.05, 4.69) is 25.1 Å². The number of hydrogen-bond donors (Lipinski definition) is 2. The lowest BCUT2D eigenvalue weighted by atomic mass is 10.3. The molecule has 2 aromatic heterocycles. The van der Waals surface area contributed by atoms with Gasteiger partial charge in [0.1, 0.15) is 0 Å². The SMILES string of the molecule is Cc1cc(C)n2nc(CC(=O)NCCNS(=O)(=O)c3cccc([N+](=O)[O-])c3)nc2n1. The monoisotopic (exact) mass is 433 g/mol. The maximum atomic E-state index is 12.2. The van der Waals surface area contributed by atoms with Crippen molar-refractivity contribution >= 4 is 27.4 Å². The Hall–Kier alpha value is -3.45. The van der Waals surface area contributed by atoms with Crippen molar-refractivity contribution in [1.29, 1.82) is 0 Å². The summed E-state index contributed by atoms with van der Waals surface area (Å²) >= 11 is 0. The summed E-state index contributed by atoms with van der Waals surface area (Å²) in [6, 6.07) is 6.55. The van der Waals surface area contributed by atoms with Crippen molar-refractivity contribution in [2.24, 2.45) is 0 Å². The van der Waals surface area contributed by atoms with E-state index in [1.807, 2.05) is 19.9 Å². The van der Waals surface area contributed by atoms with Crippen LogP contribution in [0, 0.1) is 24.0 Å². The highest BCUT2D eigenvalue weighted by Crippen LogP contribution is 2.16. The van der Waals surface area contributed by atoms with Gasteiger partial charge >= 0.3 is 0 Å². The summed E-state index contributed by atoms with van der Waals surface area (Å²) in [7, 11) is -3.94. The average molecular weight is 433 g/mol. The average Bonchev–Trinajstić information content (AvgIpc) is 3.08. The second-order valence-corrected chi connectivity index (χ2v) is 8.22. The maximum Gasteiger partial charge on any atom is 0.270 e. The van der Waals surface area contributed by atoms with Crippen LogP contribution >= 0.6 is 0 Å². The van der Waals surface area contributed by atoms with Gasteiger partial charge in [0.05, 0.1) is 16.2 Å². The first kappa shape index (κ1) is 21.3. The molecule has 1 aromatic carbocycles. The van der Waals surface area contributed by atoms with Crippen molar-refractivity contribution in [3.8, 4) is 0 Å². The first-order chi connectivity index (χ1) is 14.2. The van der Waals surface area contributed by atoms with Crippen LogP contribution in [0.1, 0.15) is 17.2 Å². The van der Waals surface area contributed by atoms with Crippen LogP contribution in [-0.4, -0.2) is 51.9 Å². The van der Waals surface area contributed by atoms with Crippen molar-refractivity contribution in [3.63, 3.8) is 0 Å². The molecule has 12 nitrogen and oxygen atoms in total. The second kappa shape index (κ2) is 8.51. The maximum absolute atomic E-state index is 12.2. The van der Waals surface area contributed by atoms with Crippen molar-refractivity contribution in [3.05, 3.63) is 57.7 Å². The van der Waals surface area contributed by atoms with Crippen LogP contribution in [-0.2, 0) is 21.2 Å². The van der Waals surface area contributed by atoms with E-state index in [-0.39, 0.29) is 36.0 Å². The number of fused-ring (bicyclic) bond motifs is 1. The zero-order valence-corrected chi connectivity index (χ0v) is 17.0. The Morgan fingerprint density at radius 1 is 1.20 bits per heavy atom. The molecule has 0 saturated carbocycles. The van der Waals surface area contributed by atoms with Gasteiger partial charge < -0.3 is 5.32 Å².